The molecule has 1 saturated carbocycles. The van der Waals surface area contributed by atoms with Crippen molar-refractivity contribution in [3.8, 4) is 0 Å². The lowest BCUT2D eigenvalue weighted by Crippen LogP contribution is -2.60. The Labute approximate surface area is 98.9 Å². The molecule has 0 spiro atoms. The first kappa shape index (κ1) is 13.5. The number of carbonyl (C=O) groups excluding carboxylic acids is 1. The minimum Gasteiger partial charge on any atom is -0.468 e. The fourth-order valence-corrected chi connectivity index (χ4v) is 3.14. The Bertz CT molecular complexity index is 236. The molecule has 0 aliphatic heterocycles. The number of methoxy groups -OCH3 is 1. The van der Waals surface area contributed by atoms with E-state index in [0.29, 0.717) is 11.8 Å². The van der Waals surface area contributed by atoms with E-state index in [4.69, 9.17) is 4.74 Å². The number of esters is 1. The fourth-order valence-electron chi connectivity index (χ4n) is 3.14. The van der Waals surface area contributed by atoms with Gasteiger partial charge in [0.15, 0.2) is 0 Å². The lowest BCUT2D eigenvalue weighted by Gasteiger charge is -2.44. The quantitative estimate of drug-likeness (QED) is 0.749. The molecule has 1 rings (SSSR count). The van der Waals surface area contributed by atoms with Gasteiger partial charge in [0.25, 0.3) is 0 Å². The molecule has 2 unspecified atom stereocenters. The van der Waals surface area contributed by atoms with Crippen LogP contribution in [0.2, 0.25) is 0 Å². The minimum atomic E-state index is -0.435. The average Bonchev–Trinajstić information content (AvgIpc) is 2.28. The summed E-state index contributed by atoms with van der Waals surface area (Å²) in [6.45, 7) is 7.27. The molecule has 1 aliphatic rings. The van der Waals surface area contributed by atoms with Crippen molar-refractivity contribution in [3.63, 3.8) is 0 Å². The normalized spacial score (nSPS) is 30.4. The molecule has 16 heavy (non-hydrogen) atoms. The van der Waals surface area contributed by atoms with Gasteiger partial charge in [0, 0.05) is 0 Å². The van der Waals surface area contributed by atoms with Crippen molar-refractivity contribution in [3.05, 3.63) is 0 Å². The molecular weight excluding hydrogens is 202 g/mol. The van der Waals surface area contributed by atoms with Gasteiger partial charge in [-0.3, -0.25) is 4.79 Å². The molecular formula is C13H25NO2. The lowest BCUT2D eigenvalue weighted by molar-refractivity contribution is -0.154. The van der Waals surface area contributed by atoms with Crippen molar-refractivity contribution in [2.75, 3.05) is 13.7 Å². The minimum absolute atomic E-state index is 0.0762. The monoisotopic (exact) mass is 227 g/mol. The summed E-state index contributed by atoms with van der Waals surface area (Å²) in [6.07, 6.45) is 4.38. The van der Waals surface area contributed by atoms with Crippen LogP contribution in [-0.2, 0) is 9.53 Å². The highest BCUT2D eigenvalue weighted by Crippen LogP contribution is 2.39. The van der Waals surface area contributed by atoms with Crippen molar-refractivity contribution in [2.45, 2.75) is 52.0 Å². The second-order valence-corrected chi connectivity index (χ2v) is 5.09. The standard InChI is InChI=1S/C13H25NO2/c1-5-14-13(12(15)16-4)9-7-6-8-11(13)10(2)3/h10-11,14H,5-9H2,1-4H3. The fraction of sp³-hybridized carbons (Fsp3) is 0.923. The number of carbonyl (C=O) groups is 1. The topological polar surface area (TPSA) is 38.3 Å². The smallest absolute Gasteiger partial charge is 0.326 e. The van der Waals surface area contributed by atoms with Gasteiger partial charge in [0.05, 0.1) is 7.11 Å². The number of likely N-dealkylation sites (N-methyl/N-ethyl adjacent to an activating group) is 1. The Morgan fingerprint density at radius 1 is 1.50 bits per heavy atom. The second kappa shape index (κ2) is 5.67. The molecule has 0 heterocycles. The van der Waals surface area contributed by atoms with E-state index in [1.54, 1.807) is 0 Å². The predicted molar refractivity (Wildman–Crippen MR) is 65.2 cm³/mol. The maximum absolute atomic E-state index is 12.1. The van der Waals surface area contributed by atoms with E-state index in [9.17, 15) is 4.79 Å². The van der Waals surface area contributed by atoms with E-state index in [1.165, 1.54) is 13.5 Å². The first-order valence-electron chi connectivity index (χ1n) is 6.42. The Morgan fingerprint density at radius 2 is 2.19 bits per heavy atom. The van der Waals surface area contributed by atoms with E-state index in [0.717, 1.165) is 25.8 Å². The first-order valence-corrected chi connectivity index (χ1v) is 6.42. The van der Waals surface area contributed by atoms with E-state index in [2.05, 4.69) is 26.1 Å². The Hall–Kier alpha value is -0.570. The van der Waals surface area contributed by atoms with Crippen LogP contribution in [-0.4, -0.2) is 25.2 Å². The maximum atomic E-state index is 12.1. The van der Waals surface area contributed by atoms with Crippen LogP contribution in [0, 0.1) is 11.8 Å². The highest BCUT2D eigenvalue weighted by atomic mass is 16.5. The van der Waals surface area contributed by atoms with E-state index in [-0.39, 0.29) is 5.97 Å². The zero-order valence-corrected chi connectivity index (χ0v) is 11.0. The summed E-state index contributed by atoms with van der Waals surface area (Å²) in [5.74, 6) is 0.833. The highest BCUT2D eigenvalue weighted by Gasteiger charge is 2.48. The third-order valence-corrected chi connectivity index (χ3v) is 3.82. The molecule has 0 saturated heterocycles. The zero-order chi connectivity index (χ0) is 12.2. The van der Waals surface area contributed by atoms with Crippen LogP contribution in [0.5, 0.6) is 0 Å². The van der Waals surface area contributed by atoms with Gasteiger partial charge in [0.1, 0.15) is 5.54 Å². The van der Waals surface area contributed by atoms with E-state index >= 15 is 0 Å². The van der Waals surface area contributed by atoms with Crippen molar-refractivity contribution in [2.24, 2.45) is 11.8 Å². The number of hydrogen-bond acceptors (Lipinski definition) is 3. The Balaban J connectivity index is 2.97. The summed E-state index contributed by atoms with van der Waals surface area (Å²) in [5.41, 5.74) is -0.435. The summed E-state index contributed by atoms with van der Waals surface area (Å²) in [7, 11) is 1.49. The van der Waals surface area contributed by atoms with Gasteiger partial charge in [-0.2, -0.15) is 0 Å². The summed E-state index contributed by atoms with van der Waals surface area (Å²) in [4.78, 5) is 12.1. The third-order valence-electron chi connectivity index (χ3n) is 3.82. The lowest BCUT2D eigenvalue weighted by atomic mass is 9.67. The van der Waals surface area contributed by atoms with Crippen LogP contribution in [0.1, 0.15) is 46.5 Å². The first-order chi connectivity index (χ1) is 7.58. The van der Waals surface area contributed by atoms with Crippen LogP contribution in [0.4, 0.5) is 0 Å². The number of rotatable bonds is 4. The number of hydrogen-bond donors (Lipinski definition) is 1. The SMILES string of the molecule is CCNC1(C(=O)OC)CCCCC1C(C)C. The van der Waals surface area contributed by atoms with Gasteiger partial charge < -0.3 is 10.1 Å². The van der Waals surface area contributed by atoms with Gasteiger partial charge in [-0.05, 0) is 31.2 Å². The molecule has 0 bridgehead atoms. The van der Waals surface area contributed by atoms with Crippen molar-refractivity contribution in [1.82, 2.24) is 5.32 Å². The molecule has 1 aliphatic carbocycles. The van der Waals surface area contributed by atoms with E-state index in [1.807, 2.05) is 0 Å². The van der Waals surface area contributed by atoms with Gasteiger partial charge in [0.2, 0.25) is 0 Å². The molecule has 2 atom stereocenters. The maximum Gasteiger partial charge on any atom is 0.326 e. The van der Waals surface area contributed by atoms with Crippen LogP contribution >= 0.6 is 0 Å². The van der Waals surface area contributed by atoms with Crippen LogP contribution in [0.3, 0.4) is 0 Å². The van der Waals surface area contributed by atoms with Crippen LogP contribution < -0.4 is 5.32 Å². The molecule has 0 aromatic carbocycles. The molecule has 3 nitrogen and oxygen atoms in total. The molecule has 3 heteroatoms. The Kier molecular flexibility index (Phi) is 4.78. The summed E-state index contributed by atoms with van der Waals surface area (Å²) < 4.78 is 5.02. The molecule has 0 aromatic heterocycles. The molecule has 1 fully saturated rings. The van der Waals surface area contributed by atoms with Crippen molar-refractivity contribution < 1.29 is 9.53 Å². The largest absolute Gasteiger partial charge is 0.468 e. The third kappa shape index (κ3) is 2.40. The molecule has 1 N–H and O–H groups in total. The van der Waals surface area contributed by atoms with Gasteiger partial charge in [-0.1, -0.05) is 33.6 Å². The van der Waals surface area contributed by atoms with Crippen molar-refractivity contribution >= 4 is 5.97 Å². The van der Waals surface area contributed by atoms with Gasteiger partial charge >= 0.3 is 5.97 Å². The second-order valence-electron chi connectivity index (χ2n) is 5.09. The summed E-state index contributed by atoms with van der Waals surface area (Å²) in [6, 6.07) is 0. The van der Waals surface area contributed by atoms with Gasteiger partial charge in [-0.15, -0.1) is 0 Å². The summed E-state index contributed by atoms with van der Waals surface area (Å²) >= 11 is 0. The molecule has 0 amide bonds. The van der Waals surface area contributed by atoms with Crippen LogP contribution in [0.15, 0.2) is 0 Å². The average molecular weight is 227 g/mol. The zero-order valence-electron chi connectivity index (χ0n) is 11.0. The Morgan fingerprint density at radius 3 is 2.69 bits per heavy atom. The molecule has 0 radical (unpaired) electrons. The van der Waals surface area contributed by atoms with E-state index < -0.39 is 5.54 Å². The summed E-state index contributed by atoms with van der Waals surface area (Å²) in [5, 5.41) is 3.41. The van der Waals surface area contributed by atoms with Gasteiger partial charge in [-0.25, -0.2) is 0 Å². The molecule has 0 aromatic rings. The highest BCUT2D eigenvalue weighted by molar-refractivity contribution is 5.81. The predicted octanol–water partition coefficient (Wildman–Crippen LogP) is 2.35. The number of ether oxygens (including phenoxy) is 1. The molecule has 94 valence electrons. The van der Waals surface area contributed by atoms with Crippen LogP contribution in [0.25, 0.3) is 0 Å². The van der Waals surface area contributed by atoms with Crippen molar-refractivity contribution in [1.29, 1.82) is 0 Å². The number of nitrogens with one attached hydrogen (secondary N) is 1.